The molecule has 2 rings (SSSR count). The Bertz CT molecular complexity index is 435. The zero-order valence-electron chi connectivity index (χ0n) is 12.7. The zero-order valence-corrected chi connectivity index (χ0v) is 13.5. The number of nitrogens with one attached hydrogen (secondary N) is 1. The second-order valence-electron chi connectivity index (χ2n) is 6.29. The number of hydrogen-bond acceptors (Lipinski definition) is 3. The van der Waals surface area contributed by atoms with Crippen LogP contribution in [-0.4, -0.2) is 30.1 Å². The maximum atomic E-state index is 14.2. The monoisotopic (exact) mass is 296 g/mol. The van der Waals surface area contributed by atoms with Gasteiger partial charge in [0.25, 0.3) is 0 Å². The minimum absolute atomic E-state index is 0.00576. The molecule has 1 N–H and O–H groups in total. The molecule has 1 heterocycles. The van der Waals surface area contributed by atoms with Crippen LogP contribution in [0, 0.1) is 5.82 Å². The maximum Gasteiger partial charge on any atom is 0.129 e. The van der Waals surface area contributed by atoms with Gasteiger partial charge in [-0.1, -0.05) is 6.07 Å². The van der Waals surface area contributed by atoms with Crippen molar-refractivity contribution in [3.8, 4) is 0 Å². The first kappa shape index (κ1) is 15.6. The number of hydrogen-bond donors (Lipinski definition) is 1. The van der Waals surface area contributed by atoms with Crippen molar-refractivity contribution in [1.82, 2.24) is 5.32 Å². The number of halogens is 1. The molecule has 0 aliphatic carbocycles. The first-order chi connectivity index (χ1) is 9.47. The van der Waals surface area contributed by atoms with E-state index in [-0.39, 0.29) is 11.4 Å². The molecule has 0 amide bonds. The van der Waals surface area contributed by atoms with Crippen molar-refractivity contribution in [2.45, 2.75) is 39.3 Å². The highest BCUT2D eigenvalue weighted by atomic mass is 32.2. The number of benzene rings is 1. The topological polar surface area (TPSA) is 15.3 Å². The van der Waals surface area contributed by atoms with Gasteiger partial charge in [0.15, 0.2) is 0 Å². The van der Waals surface area contributed by atoms with Crippen LogP contribution in [-0.2, 0) is 6.54 Å². The predicted molar refractivity (Wildman–Crippen MR) is 87.1 cm³/mol. The van der Waals surface area contributed by atoms with E-state index in [9.17, 15) is 4.39 Å². The lowest BCUT2D eigenvalue weighted by Gasteiger charge is -2.27. The predicted octanol–water partition coefficient (Wildman–Crippen LogP) is 3.66. The van der Waals surface area contributed by atoms with Crippen LogP contribution in [0.4, 0.5) is 10.1 Å². The Morgan fingerprint density at radius 2 is 2.05 bits per heavy atom. The highest BCUT2D eigenvalue weighted by molar-refractivity contribution is 7.99. The van der Waals surface area contributed by atoms with E-state index in [0.717, 1.165) is 30.1 Å². The first-order valence-corrected chi connectivity index (χ1v) is 8.48. The standard InChI is InChI=1S/C16H25FN2S/c1-16(2,3)18-12-13-14(17)6-4-7-15(13)19-8-5-10-20-11-9-19/h4,6-7,18H,5,8-12H2,1-3H3. The van der Waals surface area contributed by atoms with Crippen LogP contribution in [0.25, 0.3) is 0 Å². The number of nitrogens with zero attached hydrogens (tertiary/aromatic N) is 1. The molecule has 0 saturated carbocycles. The Morgan fingerprint density at radius 3 is 2.80 bits per heavy atom. The molecule has 1 aromatic rings. The molecule has 1 fully saturated rings. The summed E-state index contributed by atoms with van der Waals surface area (Å²) in [7, 11) is 0. The Balaban J connectivity index is 2.20. The minimum atomic E-state index is -0.101. The minimum Gasteiger partial charge on any atom is -0.370 e. The van der Waals surface area contributed by atoms with Crippen LogP contribution < -0.4 is 10.2 Å². The molecule has 0 aromatic heterocycles. The van der Waals surface area contributed by atoms with Crippen LogP contribution in [0.1, 0.15) is 32.8 Å². The Hall–Kier alpha value is -0.740. The normalized spacial score (nSPS) is 17.1. The summed E-state index contributed by atoms with van der Waals surface area (Å²) in [4.78, 5) is 2.34. The molecule has 20 heavy (non-hydrogen) atoms. The third-order valence-corrected chi connectivity index (χ3v) is 4.50. The average molecular weight is 296 g/mol. The summed E-state index contributed by atoms with van der Waals surface area (Å²) in [5.74, 6) is 2.24. The van der Waals surface area contributed by atoms with Gasteiger partial charge in [-0.25, -0.2) is 4.39 Å². The molecule has 112 valence electrons. The molecular weight excluding hydrogens is 271 g/mol. The van der Waals surface area contributed by atoms with Crippen molar-refractivity contribution in [3.05, 3.63) is 29.6 Å². The van der Waals surface area contributed by atoms with E-state index in [1.165, 1.54) is 12.2 Å². The van der Waals surface area contributed by atoms with Gasteiger partial charge in [-0.15, -0.1) is 0 Å². The SMILES string of the molecule is CC(C)(C)NCc1c(F)cccc1N1CCCSCC1. The highest BCUT2D eigenvalue weighted by Crippen LogP contribution is 2.26. The summed E-state index contributed by atoms with van der Waals surface area (Å²) in [6.45, 7) is 8.94. The summed E-state index contributed by atoms with van der Waals surface area (Å²) in [5.41, 5.74) is 1.85. The highest BCUT2D eigenvalue weighted by Gasteiger charge is 2.18. The summed E-state index contributed by atoms with van der Waals surface area (Å²) >= 11 is 1.99. The Morgan fingerprint density at radius 1 is 1.25 bits per heavy atom. The van der Waals surface area contributed by atoms with Gasteiger partial charge in [0.1, 0.15) is 5.82 Å². The molecule has 0 unspecified atom stereocenters. The van der Waals surface area contributed by atoms with Crippen molar-refractivity contribution in [2.24, 2.45) is 0 Å². The van der Waals surface area contributed by atoms with E-state index in [1.807, 2.05) is 17.8 Å². The van der Waals surface area contributed by atoms with Gasteiger partial charge in [-0.3, -0.25) is 0 Å². The van der Waals surface area contributed by atoms with E-state index in [0.29, 0.717) is 6.54 Å². The lowest BCUT2D eigenvalue weighted by molar-refractivity contribution is 0.418. The molecule has 1 aromatic carbocycles. The van der Waals surface area contributed by atoms with E-state index in [4.69, 9.17) is 0 Å². The second kappa shape index (κ2) is 6.81. The molecule has 1 aliphatic heterocycles. The van der Waals surface area contributed by atoms with Crippen LogP contribution in [0.15, 0.2) is 18.2 Å². The Kier molecular flexibility index (Phi) is 5.33. The molecule has 0 bridgehead atoms. The fourth-order valence-electron chi connectivity index (χ4n) is 2.36. The largest absolute Gasteiger partial charge is 0.370 e. The van der Waals surface area contributed by atoms with E-state index < -0.39 is 0 Å². The van der Waals surface area contributed by atoms with Crippen molar-refractivity contribution >= 4 is 17.4 Å². The van der Waals surface area contributed by atoms with Gasteiger partial charge in [0, 0.05) is 42.2 Å². The number of thioether (sulfide) groups is 1. The van der Waals surface area contributed by atoms with E-state index >= 15 is 0 Å². The second-order valence-corrected chi connectivity index (χ2v) is 7.52. The van der Waals surface area contributed by atoms with E-state index in [1.54, 1.807) is 6.07 Å². The van der Waals surface area contributed by atoms with Crippen molar-refractivity contribution in [1.29, 1.82) is 0 Å². The van der Waals surface area contributed by atoms with Gasteiger partial charge in [-0.2, -0.15) is 11.8 Å². The van der Waals surface area contributed by atoms with Gasteiger partial charge < -0.3 is 10.2 Å². The quantitative estimate of drug-likeness (QED) is 0.916. The van der Waals surface area contributed by atoms with Crippen LogP contribution >= 0.6 is 11.8 Å². The first-order valence-electron chi connectivity index (χ1n) is 7.32. The van der Waals surface area contributed by atoms with Crippen LogP contribution in [0.2, 0.25) is 0 Å². The van der Waals surface area contributed by atoms with Gasteiger partial charge in [0.05, 0.1) is 0 Å². The summed E-state index contributed by atoms with van der Waals surface area (Å²) in [6.07, 6.45) is 1.17. The molecule has 1 aliphatic rings. The fourth-order valence-corrected chi connectivity index (χ4v) is 3.25. The van der Waals surface area contributed by atoms with Crippen molar-refractivity contribution < 1.29 is 4.39 Å². The maximum absolute atomic E-state index is 14.2. The molecule has 4 heteroatoms. The summed E-state index contributed by atoms with van der Waals surface area (Å²) in [6, 6.07) is 5.44. The molecular formula is C16H25FN2S. The molecule has 1 saturated heterocycles. The van der Waals surface area contributed by atoms with Crippen molar-refractivity contribution in [2.75, 3.05) is 29.5 Å². The smallest absolute Gasteiger partial charge is 0.129 e. The third kappa shape index (κ3) is 4.38. The average Bonchev–Trinajstić information content (AvgIpc) is 2.64. The van der Waals surface area contributed by atoms with E-state index in [2.05, 4.69) is 37.1 Å². The van der Waals surface area contributed by atoms with Gasteiger partial charge in [-0.05, 0) is 45.1 Å². The lowest BCUT2D eigenvalue weighted by atomic mass is 10.1. The third-order valence-electron chi connectivity index (χ3n) is 3.45. The van der Waals surface area contributed by atoms with Crippen LogP contribution in [0.5, 0.6) is 0 Å². The molecule has 0 spiro atoms. The summed E-state index contributed by atoms with van der Waals surface area (Å²) < 4.78 is 14.2. The lowest BCUT2D eigenvalue weighted by Crippen LogP contribution is -2.36. The summed E-state index contributed by atoms with van der Waals surface area (Å²) in [5, 5.41) is 3.40. The molecule has 0 radical (unpaired) electrons. The number of rotatable bonds is 3. The van der Waals surface area contributed by atoms with Gasteiger partial charge in [0.2, 0.25) is 0 Å². The fraction of sp³-hybridized carbons (Fsp3) is 0.625. The molecule has 2 nitrogen and oxygen atoms in total. The Labute approximate surface area is 126 Å². The number of anilines is 1. The molecule has 0 atom stereocenters. The van der Waals surface area contributed by atoms with Gasteiger partial charge >= 0.3 is 0 Å². The van der Waals surface area contributed by atoms with Crippen LogP contribution in [0.3, 0.4) is 0 Å². The van der Waals surface area contributed by atoms with Crippen molar-refractivity contribution in [3.63, 3.8) is 0 Å². The zero-order chi connectivity index (χ0) is 14.6.